The molecule has 3 rings (SSSR count). The second-order valence-electron chi connectivity index (χ2n) is 7.80. The molecule has 0 bridgehead atoms. The minimum Gasteiger partial charge on any atom is -0.372 e. The number of hydrogen-bond acceptors (Lipinski definition) is 5. The number of anilines is 1. The highest BCUT2D eigenvalue weighted by atomic mass is 16.2. The Hall–Kier alpha value is -2.90. The molecule has 0 radical (unpaired) electrons. The van der Waals surface area contributed by atoms with Crippen LogP contribution in [0, 0.1) is 11.8 Å². The third kappa shape index (κ3) is 4.63. The number of fused-ring (bicyclic) bond motifs is 1. The minimum absolute atomic E-state index is 0.0436. The smallest absolute Gasteiger partial charge is 0.269 e. The van der Waals surface area contributed by atoms with Crippen LogP contribution in [0.2, 0.25) is 0 Å². The summed E-state index contributed by atoms with van der Waals surface area (Å²) in [6, 6.07) is 7.15. The molecule has 2 fully saturated rings. The van der Waals surface area contributed by atoms with E-state index in [0.29, 0.717) is 5.56 Å². The average molecular weight is 415 g/mol. The van der Waals surface area contributed by atoms with Gasteiger partial charge < -0.3 is 4.90 Å². The number of benzene rings is 1. The van der Waals surface area contributed by atoms with E-state index in [1.807, 2.05) is 12.1 Å². The van der Waals surface area contributed by atoms with Crippen LogP contribution in [0.25, 0.3) is 0 Å². The van der Waals surface area contributed by atoms with E-state index < -0.39 is 11.8 Å². The first kappa shape index (κ1) is 21.8. The quantitative estimate of drug-likeness (QED) is 0.524. The molecular formula is C22H30N4O4. The summed E-state index contributed by atoms with van der Waals surface area (Å²) in [5.74, 6) is -1.61. The Morgan fingerprint density at radius 3 is 2.07 bits per heavy atom. The SMILES string of the molecule is CCN(CC)c1ccc(C(=O)NNC(=O)CCN2C(=O)[C@@H]3CCCC[C@H]3C2=O)cc1. The van der Waals surface area contributed by atoms with E-state index in [0.717, 1.165) is 44.5 Å². The van der Waals surface area contributed by atoms with Crippen LogP contribution in [0.3, 0.4) is 0 Å². The van der Waals surface area contributed by atoms with Crippen LogP contribution in [0.5, 0.6) is 0 Å². The van der Waals surface area contributed by atoms with E-state index in [2.05, 4.69) is 29.6 Å². The van der Waals surface area contributed by atoms with E-state index in [1.165, 1.54) is 4.90 Å². The highest BCUT2D eigenvalue weighted by Gasteiger charge is 2.47. The van der Waals surface area contributed by atoms with Crippen LogP contribution < -0.4 is 15.8 Å². The number of rotatable bonds is 7. The van der Waals surface area contributed by atoms with Crippen LogP contribution in [0.4, 0.5) is 5.69 Å². The van der Waals surface area contributed by atoms with E-state index in [-0.39, 0.29) is 36.6 Å². The number of nitrogens with zero attached hydrogens (tertiary/aromatic N) is 2. The summed E-state index contributed by atoms with van der Waals surface area (Å²) >= 11 is 0. The Morgan fingerprint density at radius 2 is 1.53 bits per heavy atom. The maximum atomic E-state index is 12.4. The molecule has 1 aromatic carbocycles. The van der Waals surface area contributed by atoms with Crippen molar-refractivity contribution in [2.24, 2.45) is 11.8 Å². The molecule has 2 N–H and O–H groups in total. The van der Waals surface area contributed by atoms with Crippen molar-refractivity contribution in [2.45, 2.75) is 46.0 Å². The monoisotopic (exact) mass is 414 g/mol. The first-order valence-electron chi connectivity index (χ1n) is 10.8. The molecule has 1 saturated heterocycles. The molecular weight excluding hydrogens is 384 g/mol. The number of carbonyl (C=O) groups excluding carboxylic acids is 4. The van der Waals surface area contributed by atoms with Gasteiger partial charge in [-0.25, -0.2) is 0 Å². The van der Waals surface area contributed by atoms with Gasteiger partial charge in [-0.05, 0) is 51.0 Å². The van der Waals surface area contributed by atoms with Crippen LogP contribution >= 0.6 is 0 Å². The summed E-state index contributed by atoms with van der Waals surface area (Å²) in [5, 5.41) is 0. The molecule has 8 heteroatoms. The zero-order valence-electron chi connectivity index (χ0n) is 17.6. The van der Waals surface area contributed by atoms with Crippen molar-refractivity contribution < 1.29 is 19.2 Å². The average Bonchev–Trinajstić information content (AvgIpc) is 3.02. The van der Waals surface area contributed by atoms with Gasteiger partial charge in [0.15, 0.2) is 0 Å². The molecule has 30 heavy (non-hydrogen) atoms. The predicted molar refractivity (Wildman–Crippen MR) is 112 cm³/mol. The fourth-order valence-corrected chi connectivity index (χ4v) is 4.34. The Labute approximate surface area is 176 Å². The summed E-state index contributed by atoms with van der Waals surface area (Å²) in [6.45, 7) is 5.93. The zero-order chi connectivity index (χ0) is 21.7. The van der Waals surface area contributed by atoms with Gasteiger partial charge in [0.1, 0.15) is 0 Å². The molecule has 2 aliphatic rings. The number of hydrazine groups is 1. The molecule has 1 aliphatic carbocycles. The van der Waals surface area contributed by atoms with Gasteiger partial charge in [-0.15, -0.1) is 0 Å². The van der Waals surface area contributed by atoms with Gasteiger partial charge in [-0.3, -0.25) is 34.9 Å². The van der Waals surface area contributed by atoms with E-state index in [9.17, 15) is 19.2 Å². The van der Waals surface area contributed by atoms with Crippen molar-refractivity contribution in [2.75, 3.05) is 24.5 Å². The van der Waals surface area contributed by atoms with Gasteiger partial charge >= 0.3 is 0 Å². The van der Waals surface area contributed by atoms with Gasteiger partial charge in [-0.1, -0.05) is 12.8 Å². The topological polar surface area (TPSA) is 98.8 Å². The fraction of sp³-hybridized carbons (Fsp3) is 0.545. The lowest BCUT2D eigenvalue weighted by Gasteiger charge is -2.21. The van der Waals surface area contributed by atoms with Crippen molar-refractivity contribution in [1.82, 2.24) is 15.8 Å². The lowest BCUT2D eigenvalue weighted by molar-refractivity contribution is -0.140. The first-order valence-corrected chi connectivity index (χ1v) is 10.8. The third-order valence-corrected chi connectivity index (χ3v) is 6.07. The van der Waals surface area contributed by atoms with Crippen molar-refractivity contribution in [3.63, 3.8) is 0 Å². The van der Waals surface area contributed by atoms with Gasteiger partial charge in [0.05, 0.1) is 11.8 Å². The lowest BCUT2D eigenvalue weighted by atomic mass is 9.81. The molecule has 1 saturated carbocycles. The number of imide groups is 1. The minimum atomic E-state index is -0.446. The summed E-state index contributed by atoms with van der Waals surface area (Å²) in [7, 11) is 0. The Balaban J connectivity index is 1.46. The van der Waals surface area contributed by atoms with Crippen molar-refractivity contribution >= 4 is 29.3 Å². The predicted octanol–water partition coefficient (Wildman–Crippen LogP) is 1.86. The van der Waals surface area contributed by atoms with E-state index in [4.69, 9.17) is 0 Å². The van der Waals surface area contributed by atoms with Crippen LogP contribution in [0.15, 0.2) is 24.3 Å². The molecule has 2 atom stereocenters. The molecule has 162 valence electrons. The maximum absolute atomic E-state index is 12.4. The number of hydrogen-bond donors (Lipinski definition) is 2. The molecule has 4 amide bonds. The van der Waals surface area contributed by atoms with Gasteiger partial charge in [0.2, 0.25) is 17.7 Å². The van der Waals surface area contributed by atoms with Crippen LogP contribution in [-0.4, -0.2) is 48.2 Å². The molecule has 0 unspecified atom stereocenters. The molecule has 0 spiro atoms. The molecule has 1 heterocycles. The standard InChI is InChI=1S/C22H30N4O4/c1-3-25(4-2)16-11-9-15(10-12-16)20(28)24-23-19(27)13-14-26-21(29)17-7-5-6-8-18(17)22(26)30/h9-12,17-18H,3-8,13-14H2,1-2H3,(H,23,27)(H,24,28)/t17-,18-/m1/s1. The maximum Gasteiger partial charge on any atom is 0.269 e. The number of nitrogens with one attached hydrogen (secondary N) is 2. The summed E-state index contributed by atoms with van der Waals surface area (Å²) in [6.07, 6.45) is 3.40. The Kier molecular flexibility index (Phi) is 7.07. The van der Waals surface area contributed by atoms with Crippen molar-refractivity contribution in [3.8, 4) is 0 Å². The number of carbonyl (C=O) groups is 4. The van der Waals surface area contributed by atoms with Crippen LogP contribution in [-0.2, 0) is 14.4 Å². The van der Waals surface area contributed by atoms with Crippen molar-refractivity contribution in [1.29, 1.82) is 0 Å². The first-order chi connectivity index (χ1) is 14.5. The molecule has 1 aromatic rings. The van der Waals surface area contributed by atoms with E-state index >= 15 is 0 Å². The van der Waals surface area contributed by atoms with Gasteiger partial charge in [0, 0.05) is 37.3 Å². The largest absolute Gasteiger partial charge is 0.372 e. The summed E-state index contributed by atoms with van der Waals surface area (Å²) < 4.78 is 0. The molecule has 1 aliphatic heterocycles. The van der Waals surface area contributed by atoms with Crippen LogP contribution in [0.1, 0.15) is 56.3 Å². The fourth-order valence-electron chi connectivity index (χ4n) is 4.34. The van der Waals surface area contributed by atoms with E-state index in [1.54, 1.807) is 12.1 Å². The number of likely N-dealkylation sites (tertiary alicyclic amines) is 1. The highest BCUT2D eigenvalue weighted by Crippen LogP contribution is 2.37. The normalized spacial score (nSPS) is 20.7. The highest BCUT2D eigenvalue weighted by molar-refractivity contribution is 6.05. The number of amides is 4. The van der Waals surface area contributed by atoms with Crippen molar-refractivity contribution in [3.05, 3.63) is 29.8 Å². The zero-order valence-corrected chi connectivity index (χ0v) is 17.6. The Bertz CT molecular complexity index is 780. The van der Waals surface area contributed by atoms with Gasteiger partial charge in [-0.2, -0.15) is 0 Å². The third-order valence-electron chi connectivity index (χ3n) is 6.07. The summed E-state index contributed by atoms with van der Waals surface area (Å²) in [5.41, 5.74) is 6.20. The second-order valence-corrected chi connectivity index (χ2v) is 7.80. The molecule has 8 nitrogen and oxygen atoms in total. The molecule has 0 aromatic heterocycles. The second kappa shape index (κ2) is 9.73. The summed E-state index contributed by atoms with van der Waals surface area (Å²) in [4.78, 5) is 52.6. The lowest BCUT2D eigenvalue weighted by Crippen LogP contribution is -2.43. The Morgan fingerprint density at radius 1 is 0.967 bits per heavy atom. The van der Waals surface area contributed by atoms with Gasteiger partial charge in [0.25, 0.3) is 5.91 Å².